The number of carbonyl (C=O) groups is 1. The third-order valence-corrected chi connectivity index (χ3v) is 2.79. The molecule has 0 aliphatic rings. The Morgan fingerprint density at radius 1 is 1.29 bits per heavy atom. The molecule has 17 heavy (non-hydrogen) atoms. The number of benzene rings is 1. The van der Waals surface area contributed by atoms with Crippen molar-refractivity contribution in [3.8, 4) is 0 Å². The van der Waals surface area contributed by atoms with E-state index in [0.717, 1.165) is 16.5 Å². The summed E-state index contributed by atoms with van der Waals surface area (Å²) in [5, 5.41) is 1.03. The number of hydrogen-bond acceptors (Lipinski definition) is 1. The SMILES string of the molecule is Cc1c(C(=O)N=C(N)N)n(C)c2ccccc12. The van der Waals surface area contributed by atoms with Gasteiger partial charge in [-0.3, -0.25) is 4.79 Å². The predicted molar refractivity (Wildman–Crippen MR) is 67.8 cm³/mol. The standard InChI is InChI=1S/C12H14N4O/c1-7-8-5-3-4-6-9(8)16(2)10(7)11(17)15-12(13)14/h3-6H,1-2H3,(H4,13,14,15,17). The minimum atomic E-state index is -0.416. The van der Waals surface area contributed by atoms with Crippen LogP contribution in [0.2, 0.25) is 0 Å². The van der Waals surface area contributed by atoms with E-state index in [1.807, 2.05) is 38.2 Å². The third kappa shape index (κ3) is 1.75. The fraction of sp³-hybridized carbons (Fsp3) is 0.167. The lowest BCUT2D eigenvalue weighted by Gasteiger charge is -2.01. The Bertz CT molecular complexity index is 582. The van der Waals surface area contributed by atoms with Crippen LogP contribution in [0.4, 0.5) is 0 Å². The van der Waals surface area contributed by atoms with Crippen molar-refractivity contribution in [2.75, 3.05) is 0 Å². The average molecular weight is 230 g/mol. The van der Waals surface area contributed by atoms with Crippen molar-refractivity contribution < 1.29 is 4.79 Å². The Balaban J connectivity index is 2.70. The van der Waals surface area contributed by atoms with Gasteiger partial charge in [-0.25, -0.2) is 0 Å². The summed E-state index contributed by atoms with van der Waals surface area (Å²) < 4.78 is 1.80. The van der Waals surface area contributed by atoms with Crippen LogP contribution in [0.5, 0.6) is 0 Å². The second kappa shape index (κ2) is 3.93. The maximum Gasteiger partial charge on any atom is 0.297 e. The molecule has 4 N–H and O–H groups in total. The number of aryl methyl sites for hydroxylation is 2. The van der Waals surface area contributed by atoms with Crippen LogP contribution in [-0.2, 0) is 7.05 Å². The monoisotopic (exact) mass is 230 g/mol. The molecule has 0 bridgehead atoms. The van der Waals surface area contributed by atoms with Crippen LogP contribution in [0, 0.1) is 6.92 Å². The van der Waals surface area contributed by atoms with E-state index in [9.17, 15) is 4.79 Å². The van der Waals surface area contributed by atoms with Gasteiger partial charge in [0.05, 0.1) is 0 Å². The Morgan fingerprint density at radius 2 is 1.94 bits per heavy atom. The third-order valence-electron chi connectivity index (χ3n) is 2.79. The molecule has 5 heteroatoms. The van der Waals surface area contributed by atoms with E-state index in [1.54, 1.807) is 4.57 Å². The predicted octanol–water partition coefficient (Wildman–Crippen LogP) is 0.900. The lowest BCUT2D eigenvalue weighted by atomic mass is 10.1. The highest BCUT2D eigenvalue weighted by Gasteiger charge is 2.17. The van der Waals surface area contributed by atoms with E-state index in [4.69, 9.17) is 11.5 Å². The number of rotatable bonds is 1. The molecule has 0 saturated heterocycles. The summed E-state index contributed by atoms with van der Waals surface area (Å²) in [6.07, 6.45) is 0. The van der Waals surface area contributed by atoms with E-state index >= 15 is 0 Å². The molecule has 0 aliphatic carbocycles. The number of nitrogens with two attached hydrogens (primary N) is 2. The topological polar surface area (TPSA) is 86.4 Å². The Hall–Kier alpha value is -2.30. The number of para-hydroxylation sites is 1. The normalized spacial score (nSPS) is 10.5. The maximum atomic E-state index is 11.9. The van der Waals surface area contributed by atoms with Gasteiger partial charge in [-0.05, 0) is 18.6 Å². The van der Waals surface area contributed by atoms with Gasteiger partial charge in [0, 0.05) is 18.0 Å². The highest BCUT2D eigenvalue weighted by molar-refractivity contribution is 6.06. The van der Waals surface area contributed by atoms with Crippen molar-refractivity contribution in [1.82, 2.24) is 4.57 Å². The molecule has 0 aliphatic heterocycles. The molecule has 88 valence electrons. The van der Waals surface area contributed by atoms with Crippen LogP contribution in [0.15, 0.2) is 29.3 Å². The number of guanidine groups is 1. The second-order valence-electron chi connectivity index (χ2n) is 3.89. The summed E-state index contributed by atoms with van der Waals surface area (Å²) in [5.74, 6) is -0.638. The van der Waals surface area contributed by atoms with Crippen LogP contribution in [0.1, 0.15) is 16.1 Å². The molecule has 1 aromatic carbocycles. The van der Waals surface area contributed by atoms with E-state index in [1.165, 1.54) is 0 Å². The molecular weight excluding hydrogens is 216 g/mol. The molecule has 0 saturated carbocycles. The fourth-order valence-corrected chi connectivity index (χ4v) is 2.06. The molecule has 0 fully saturated rings. The minimum absolute atomic E-state index is 0.223. The van der Waals surface area contributed by atoms with Crippen LogP contribution < -0.4 is 11.5 Å². The van der Waals surface area contributed by atoms with E-state index in [-0.39, 0.29) is 5.96 Å². The van der Waals surface area contributed by atoms with Crippen LogP contribution in [0.25, 0.3) is 10.9 Å². The van der Waals surface area contributed by atoms with E-state index in [2.05, 4.69) is 4.99 Å². The van der Waals surface area contributed by atoms with Gasteiger partial charge in [0.2, 0.25) is 0 Å². The first-order valence-electron chi connectivity index (χ1n) is 5.20. The van der Waals surface area contributed by atoms with Gasteiger partial charge in [0.25, 0.3) is 5.91 Å². The van der Waals surface area contributed by atoms with Gasteiger partial charge >= 0.3 is 0 Å². The number of hydrogen-bond donors (Lipinski definition) is 2. The largest absolute Gasteiger partial charge is 0.370 e. The number of amides is 1. The smallest absolute Gasteiger partial charge is 0.297 e. The fourth-order valence-electron chi connectivity index (χ4n) is 2.06. The molecule has 0 atom stereocenters. The van der Waals surface area contributed by atoms with Crippen LogP contribution in [0.3, 0.4) is 0 Å². The molecule has 2 aromatic rings. The number of fused-ring (bicyclic) bond motifs is 1. The Morgan fingerprint density at radius 3 is 2.53 bits per heavy atom. The highest BCUT2D eigenvalue weighted by Crippen LogP contribution is 2.24. The lowest BCUT2D eigenvalue weighted by Crippen LogP contribution is -2.24. The maximum absolute atomic E-state index is 11.9. The number of carbonyl (C=O) groups excluding carboxylic acids is 1. The van der Waals surface area contributed by atoms with Crippen LogP contribution >= 0.6 is 0 Å². The second-order valence-corrected chi connectivity index (χ2v) is 3.89. The van der Waals surface area contributed by atoms with Gasteiger partial charge in [0.1, 0.15) is 5.69 Å². The van der Waals surface area contributed by atoms with Crippen molar-refractivity contribution in [3.05, 3.63) is 35.5 Å². The minimum Gasteiger partial charge on any atom is -0.370 e. The summed E-state index contributed by atoms with van der Waals surface area (Å²) in [4.78, 5) is 15.5. The van der Waals surface area contributed by atoms with Gasteiger partial charge < -0.3 is 16.0 Å². The first-order chi connectivity index (χ1) is 8.02. The molecule has 1 heterocycles. The molecule has 0 unspecified atom stereocenters. The molecule has 5 nitrogen and oxygen atoms in total. The summed E-state index contributed by atoms with van der Waals surface area (Å²) in [6, 6.07) is 7.78. The van der Waals surface area contributed by atoms with Crippen molar-refractivity contribution in [1.29, 1.82) is 0 Å². The lowest BCUT2D eigenvalue weighted by molar-refractivity contribution is 0.0995. The molecule has 1 aromatic heterocycles. The van der Waals surface area contributed by atoms with Gasteiger partial charge in [-0.2, -0.15) is 4.99 Å². The zero-order chi connectivity index (χ0) is 12.6. The zero-order valence-electron chi connectivity index (χ0n) is 9.77. The molecule has 0 spiro atoms. The molecular formula is C12H14N4O. The van der Waals surface area contributed by atoms with Gasteiger partial charge in [-0.15, -0.1) is 0 Å². The van der Waals surface area contributed by atoms with E-state index in [0.29, 0.717) is 5.69 Å². The van der Waals surface area contributed by atoms with E-state index < -0.39 is 5.91 Å². The Labute approximate surface area is 98.7 Å². The zero-order valence-corrected chi connectivity index (χ0v) is 9.77. The van der Waals surface area contributed by atoms with Crippen molar-refractivity contribution >= 4 is 22.8 Å². The van der Waals surface area contributed by atoms with Crippen molar-refractivity contribution in [3.63, 3.8) is 0 Å². The Kier molecular flexibility index (Phi) is 2.59. The van der Waals surface area contributed by atoms with Crippen molar-refractivity contribution in [2.45, 2.75) is 6.92 Å². The van der Waals surface area contributed by atoms with Crippen LogP contribution in [-0.4, -0.2) is 16.4 Å². The van der Waals surface area contributed by atoms with Crippen molar-refractivity contribution in [2.24, 2.45) is 23.5 Å². The summed E-state index contributed by atoms with van der Waals surface area (Å²) in [6.45, 7) is 1.89. The quantitative estimate of drug-likeness (QED) is 0.563. The van der Waals surface area contributed by atoms with Gasteiger partial charge in [-0.1, -0.05) is 18.2 Å². The number of aliphatic imine (C=N–C) groups is 1. The number of aromatic nitrogens is 1. The first-order valence-corrected chi connectivity index (χ1v) is 5.20. The molecule has 0 radical (unpaired) electrons. The average Bonchev–Trinajstić information content (AvgIpc) is 2.51. The summed E-state index contributed by atoms with van der Waals surface area (Å²) in [5.41, 5.74) is 12.8. The number of nitrogens with zero attached hydrogens (tertiary/aromatic N) is 2. The summed E-state index contributed by atoms with van der Waals surface area (Å²) in [7, 11) is 1.82. The summed E-state index contributed by atoms with van der Waals surface area (Å²) >= 11 is 0. The molecule has 1 amide bonds. The highest BCUT2D eigenvalue weighted by atomic mass is 16.1. The molecule has 2 rings (SSSR count). The van der Waals surface area contributed by atoms with Gasteiger partial charge in [0.15, 0.2) is 5.96 Å². The first kappa shape index (κ1) is 11.2.